The molecular weight excluding hydrogens is 322 g/mol. The molecule has 1 heterocycles. The van der Waals surface area contributed by atoms with Gasteiger partial charge in [-0.25, -0.2) is 9.48 Å². The summed E-state index contributed by atoms with van der Waals surface area (Å²) in [5.74, 6) is -0.463. The molecule has 0 unspecified atom stereocenters. The first-order chi connectivity index (χ1) is 12.1. The smallest absolute Gasteiger partial charge is 0.342 e. The van der Waals surface area contributed by atoms with Gasteiger partial charge in [0.15, 0.2) is 0 Å². The number of ether oxygens (including phenoxy) is 1. The van der Waals surface area contributed by atoms with Crippen molar-refractivity contribution < 1.29 is 14.5 Å². The molecule has 0 fully saturated rings. The maximum atomic E-state index is 12.3. The second-order valence-electron chi connectivity index (χ2n) is 5.20. The number of carbonyl (C=O) groups excluding carboxylic acids is 1. The van der Waals surface area contributed by atoms with Crippen LogP contribution < -0.4 is 0 Å². The molecule has 1 aromatic heterocycles. The van der Waals surface area contributed by atoms with Gasteiger partial charge in [-0.1, -0.05) is 30.3 Å². The second-order valence-corrected chi connectivity index (χ2v) is 5.20. The lowest BCUT2D eigenvalue weighted by molar-refractivity contribution is -0.384. The van der Waals surface area contributed by atoms with Crippen LogP contribution in [0, 0.1) is 10.1 Å². The molecule has 0 amide bonds. The van der Waals surface area contributed by atoms with E-state index in [1.54, 1.807) is 25.3 Å². The Bertz CT molecular complexity index is 902. The molecule has 2 aromatic carbocycles. The predicted molar refractivity (Wildman–Crippen MR) is 91.6 cm³/mol. The molecule has 0 spiro atoms. The highest BCUT2D eigenvalue weighted by Gasteiger charge is 2.19. The van der Waals surface area contributed by atoms with E-state index in [4.69, 9.17) is 4.74 Å². The van der Waals surface area contributed by atoms with E-state index >= 15 is 0 Å². The quantitative estimate of drug-likeness (QED) is 0.403. The summed E-state index contributed by atoms with van der Waals surface area (Å²) in [7, 11) is 0. The van der Waals surface area contributed by atoms with Crippen molar-refractivity contribution in [3.8, 4) is 16.9 Å². The summed E-state index contributed by atoms with van der Waals surface area (Å²) in [4.78, 5) is 22.6. The maximum Gasteiger partial charge on any atom is 0.342 e. The predicted octanol–water partition coefficient (Wildman–Crippen LogP) is 3.62. The first kappa shape index (κ1) is 16.4. The van der Waals surface area contributed by atoms with Crippen LogP contribution in [0.2, 0.25) is 0 Å². The number of nitrogens with zero attached hydrogens (tertiary/aromatic N) is 3. The van der Waals surface area contributed by atoms with Crippen LogP contribution in [0.4, 0.5) is 5.69 Å². The largest absolute Gasteiger partial charge is 0.462 e. The van der Waals surface area contributed by atoms with Gasteiger partial charge in [0.1, 0.15) is 11.3 Å². The monoisotopic (exact) mass is 337 g/mol. The second kappa shape index (κ2) is 6.96. The van der Waals surface area contributed by atoms with Crippen LogP contribution >= 0.6 is 0 Å². The van der Waals surface area contributed by atoms with E-state index in [9.17, 15) is 14.9 Å². The molecule has 0 saturated heterocycles. The van der Waals surface area contributed by atoms with Gasteiger partial charge >= 0.3 is 5.97 Å². The Balaban J connectivity index is 2.06. The number of hydrogen-bond acceptors (Lipinski definition) is 5. The molecule has 7 heteroatoms. The zero-order valence-corrected chi connectivity index (χ0v) is 13.5. The zero-order valence-electron chi connectivity index (χ0n) is 13.5. The van der Waals surface area contributed by atoms with Crippen LogP contribution in [-0.4, -0.2) is 27.3 Å². The van der Waals surface area contributed by atoms with E-state index in [2.05, 4.69) is 5.10 Å². The van der Waals surface area contributed by atoms with Gasteiger partial charge in [-0.05, 0) is 19.1 Å². The topological polar surface area (TPSA) is 87.3 Å². The molecule has 25 heavy (non-hydrogen) atoms. The van der Waals surface area contributed by atoms with Crippen molar-refractivity contribution in [1.29, 1.82) is 0 Å². The summed E-state index contributed by atoms with van der Waals surface area (Å²) in [5, 5.41) is 15.2. The Hall–Kier alpha value is -3.48. The SMILES string of the molecule is CCOC(=O)c1cn(-c2ccc([N+](=O)[O-])cc2)nc1-c1ccccc1. The molecule has 0 bridgehead atoms. The van der Waals surface area contributed by atoms with Crippen molar-refractivity contribution in [2.75, 3.05) is 6.61 Å². The third-order valence-corrected chi connectivity index (χ3v) is 3.58. The van der Waals surface area contributed by atoms with Gasteiger partial charge in [0.25, 0.3) is 5.69 Å². The van der Waals surface area contributed by atoms with E-state index < -0.39 is 10.9 Å². The summed E-state index contributed by atoms with van der Waals surface area (Å²) in [6.45, 7) is 2.00. The minimum atomic E-state index is -0.466. The number of benzene rings is 2. The molecular formula is C18H15N3O4. The van der Waals surface area contributed by atoms with Crippen LogP contribution in [0.25, 0.3) is 16.9 Å². The van der Waals surface area contributed by atoms with E-state index in [0.29, 0.717) is 16.9 Å². The number of non-ortho nitro benzene ring substituents is 1. The van der Waals surface area contributed by atoms with Gasteiger partial charge in [-0.2, -0.15) is 5.10 Å². The zero-order chi connectivity index (χ0) is 17.8. The molecule has 3 rings (SSSR count). The highest BCUT2D eigenvalue weighted by molar-refractivity contribution is 5.96. The molecule has 0 radical (unpaired) electrons. The Morgan fingerprint density at radius 3 is 2.44 bits per heavy atom. The Morgan fingerprint density at radius 1 is 1.16 bits per heavy atom. The molecule has 3 aromatic rings. The summed E-state index contributed by atoms with van der Waals surface area (Å²) in [5.41, 5.74) is 2.22. The van der Waals surface area contributed by atoms with Crippen molar-refractivity contribution in [2.24, 2.45) is 0 Å². The molecule has 7 nitrogen and oxygen atoms in total. The van der Waals surface area contributed by atoms with Crippen molar-refractivity contribution in [2.45, 2.75) is 6.92 Å². The molecule has 0 N–H and O–H groups in total. The lowest BCUT2D eigenvalue weighted by Crippen LogP contribution is -2.04. The van der Waals surface area contributed by atoms with E-state index in [1.807, 2.05) is 30.3 Å². The van der Waals surface area contributed by atoms with Crippen LogP contribution in [0.5, 0.6) is 0 Å². The highest BCUT2D eigenvalue weighted by atomic mass is 16.6. The molecule has 0 aliphatic rings. The summed E-state index contributed by atoms with van der Waals surface area (Å²) in [6, 6.07) is 15.2. The lowest BCUT2D eigenvalue weighted by atomic mass is 10.1. The number of carbonyl (C=O) groups is 1. The van der Waals surface area contributed by atoms with Gasteiger partial charge in [0, 0.05) is 23.9 Å². The number of hydrogen-bond donors (Lipinski definition) is 0. The van der Waals surface area contributed by atoms with E-state index in [-0.39, 0.29) is 12.3 Å². The number of nitro groups is 1. The third kappa shape index (κ3) is 3.40. The molecule has 0 atom stereocenters. The minimum Gasteiger partial charge on any atom is -0.462 e. The highest BCUT2D eigenvalue weighted by Crippen LogP contribution is 2.25. The molecule has 126 valence electrons. The fraction of sp³-hybridized carbons (Fsp3) is 0.111. The lowest BCUT2D eigenvalue weighted by Gasteiger charge is -2.01. The van der Waals surface area contributed by atoms with Crippen molar-refractivity contribution >= 4 is 11.7 Å². The van der Waals surface area contributed by atoms with Crippen molar-refractivity contribution in [3.05, 3.63) is 76.5 Å². The van der Waals surface area contributed by atoms with Crippen LogP contribution in [0.1, 0.15) is 17.3 Å². The van der Waals surface area contributed by atoms with Gasteiger partial charge in [-0.15, -0.1) is 0 Å². The standard InChI is InChI=1S/C18H15N3O4/c1-2-25-18(22)16-12-20(14-8-10-15(11-9-14)21(23)24)19-17(16)13-6-4-3-5-7-13/h3-12H,2H2,1H3. The summed E-state index contributed by atoms with van der Waals surface area (Å²) < 4.78 is 6.62. The van der Waals surface area contributed by atoms with E-state index in [1.165, 1.54) is 16.8 Å². The molecule has 0 aliphatic heterocycles. The molecule has 0 saturated carbocycles. The van der Waals surface area contributed by atoms with Crippen LogP contribution in [-0.2, 0) is 4.74 Å². The number of esters is 1. The van der Waals surface area contributed by atoms with Gasteiger partial charge in [0.05, 0.1) is 17.2 Å². The van der Waals surface area contributed by atoms with Gasteiger partial charge < -0.3 is 4.74 Å². The fourth-order valence-corrected chi connectivity index (χ4v) is 2.40. The third-order valence-electron chi connectivity index (χ3n) is 3.58. The summed E-state index contributed by atoms with van der Waals surface area (Å²) in [6.07, 6.45) is 1.57. The molecule has 0 aliphatic carbocycles. The van der Waals surface area contributed by atoms with Crippen molar-refractivity contribution in [3.63, 3.8) is 0 Å². The number of nitro benzene ring substituents is 1. The normalized spacial score (nSPS) is 10.4. The first-order valence-corrected chi connectivity index (χ1v) is 7.67. The Labute approximate surface area is 143 Å². The Kier molecular flexibility index (Phi) is 4.56. The summed E-state index contributed by atoms with van der Waals surface area (Å²) >= 11 is 0. The van der Waals surface area contributed by atoms with Gasteiger partial charge in [-0.3, -0.25) is 10.1 Å². The van der Waals surface area contributed by atoms with Crippen LogP contribution in [0.15, 0.2) is 60.8 Å². The Morgan fingerprint density at radius 2 is 1.84 bits per heavy atom. The van der Waals surface area contributed by atoms with Gasteiger partial charge in [0.2, 0.25) is 0 Å². The van der Waals surface area contributed by atoms with Crippen molar-refractivity contribution in [1.82, 2.24) is 9.78 Å². The van der Waals surface area contributed by atoms with Crippen LogP contribution in [0.3, 0.4) is 0 Å². The maximum absolute atomic E-state index is 12.3. The average molecular weight is 337 g/mol. The number of rotatable bonds is 5. The first-order valence-electron chi connectivity index (χ1n) is 7.67. The minimum absolute atomic E-state index is 0.00944. The van der Waals surface area contributed by atoms with E-state index in [0.717, 1.165) is 5.56 Å². The average Bonchev–Trinajstić information content (AvgIpc) is 3.08. The number of aromatic nitrogens is 2. The fourth-order valence-electron chi connectivity index (χ4n) is 2.40.